The molecular formula is C27H28ClN5O. The van der Waals surface area contributed by atoms with Gasteiger partial charge in [-0.05, 0) is 56.0 Å². The summed E-state index contributed by atoms with van der Waals surface area (Å²) in [6.07, 6.45) is 5.47. The van der Waals surface area contributed by atoms with Crippen LogP contribution in [0.1, 0.15) is 29.5 Å². The number of nitrogens with zero attached hydrogens (tertiary/aromatic N) is 4. The maximum Gasteiger partial charge on any atom is 0.225 e. The average Bonchev–Trinajstić information content (AvgIpc) is 3.27. The summed E-state index contributed by atoms with van der Waals surface area (Å²) < 4.78 is 1.89. The Labute approximate surface area is 204 Å². The van der Waals surface area contributed by atoms with E-state index in [1.54, 1.807) is 6.20 Å². The second kappa shape index (κ2) is 9.47. The molecule has 0 saturated carbocycles. The van der Waals surface area contributed by atoms with Crippen LogP contribution < -0.4 is 10.2 Å². The zero-order chi connectivity index (χ0) is 23.7. The van der Waals surface area contributed by atoms with Crippen molar-refractivity contribution >= 4 is 28.8 Å². The van der Waals surface area contributed by atoms with E-state index in [1.807, 2.05) is 35.0 Å². The first-order valence-electron chi connectivity index (χ1n) is 11.7. The van der Waals surface area contributed by atoms with Gasteiger partial charge in [0, 0.05) is 42.6 Å². The standard InChI is InChI=1S/C27H28ClN5O/c1-18-8-9-23(19(2)13-18)24-15-25-26(29-10-12-33(25)31-24)32-11-4-6-21(17-32)27(34)30-16-20-5-3-7-22(28)14-20/h3,5,7-10,12-15,21H,4,6,11,16-17H2,1-2H3,(H,30,34)/t21-/m1/s1. The highest BCUT2D eigenvalue weighted by Crippen LogP contribution is 2.30. The Kier molecular flexibility index (Phi) is 6.24. The minimum absolute atomic E-state index is 0.0705. The lowest BCUT2D eigenvalue weighted by Gasteiger charge is -2.33. The molecule has 34 heavy (non-hydrogen) atoms. The van der Waals surface area contributed by atoms with Crippen LogP contribution in [0.3, 0.4) is 0 Å². The van der Waals surface area contributed by atoms with Crippen LogP contribution in [0.25, 0.3) is 16.8 Å². The van der Waals surface area contributed by atoms with Crippen LogP contribution in [-0.2, 0) is 11.3 Å². The summed E-state index contributed by atoms with van der Waals surface area (Å²) in [5, 5.41) is 8.57. The lowest BCUT2D eigenvalue weighted by atomic mass is 9.97. The maximum atomic E-state index is 12.9. The molecule has 7 heteroatoms. The topological polar surface area (TPSA) is 62.5 Å². The van der Waals surface area contributed by atoms with Crippen LogP contribution in [0.4, 0.5) is 5.82 Å². The van der Waals surface area contributed by atoms with Gasteiger partial charge in [-0.15, -0.1) is 0 Å². The molecule has 1 amide bonds. The molecule has 1 aliphatic heterocycles. The van der Waals surface area contributed by atoms with Crippen molar-refractivity contribution in [2.24, 2.45) is 5.92 Å². The number of fused-ring (bicyclic) bond motifs is 1. The number of benzene rings is 2. The third-order valence-electron chi connectivity index (χ3n) is 6.47. The lowest BCUT2D eigenvalue weighted by Crippen LogP contribution is -2.43. The third kappa shape index (κ3) is 4.64. The smallest absolute Gasteiger partial charge is 0.225 e. The molecule has 1 fully saturated rings. The largest absolute Gasteiger partial charge is 0.354 e. The highest BCUT2D eigenvalue weighted by atomic mass is 35.5. The van der Waals surface area contributed by atoms with Crippen molar-refractivity contribution in [2.45, 2.75) is 33.2 Å². The summed E-state index contributed by atoms with van der Waals surface area (Å²) in [5.74, 6) is 0.858. The lowest BCUT2D eigenvalue weighted by molar-refractivity contribution is -0.125. The number of carbonyl (C=O) groups is 1. The molecule has 1 atom stereocenters. The number of aromatic nitrogens is 3. The number of nitrogens with one attached hydrogen (secondary N) is 1. The molecule has 1 saturated heterocycles. The Morgan fingerprint density at radius 3 is 2.88 bits per heavy atom. The summed E-state index contributed by atoms with van der Waals surface area (Å²) in [4.78, 5) is 19.9. The first kappa shape index (κ1) is 22.4. The van der Waals surface area contributed by atoms with Gasteiger partial charge >= 0.3 is 0 Å². The van der Waals surface area contributed by atoms with Gasteiger partial charge in [0.15, 0.2) is 5.82 Å². The SMILES string of the molecule is Cc1ccc(-c2cc3c(N4CCC[C@@H](C(=O)NCc5cccc(Cl)c5)C4)nccn3n2)c(C)c1. The summed E-state index contributed by atoms with van der Waals surface area (Å²) in [6.45, 7) is 6.20. The first-order valence-corrected chi connectivity index (χ1v) is 12.0. The second-order valence-corrected chi connectivity index (χ2v) is 9.50. The Morgan fingerprint density at radius 1 is 1.18 bits per heavy atom. The molecule has 3 heterocycles. The fourth-order valence-corrected chi connectivity index (χ4v) is 4.96. The van der Waals surface area contributed by atoms with Gasteiger partial charge in [-0.2, -0.15) is 5.10 Å². The molecule has 4 aromatic rings. The quantitative estimate of drug-likeness (QED) is 0.432. The normalized spacial score (nSPS) is 16.1. The van der Waals surface area contributed by atoms with E-state index in [0.29, 0.717) is 18.1 Å². The van der Waals surface area contributed by atoms with Crippen molar-refractivity contribution in [3.05, 3.63) is 82.6 Å². The molecule has 0 spiro atoms. The van der Waals surface area contributed by atoms with E-state index in [0.717, 1.165) is 47.5 Å². The Balaban J connectivity index is 1.35. The summed E-state index contributed by atoms with van der Waals surface area (Å²) in [7, 11) is 0. The Morgan fingerprint density at radius 2 is 2.06 bits per heavy atom. The Hall–Kier alpha value is -3.38. The van der Waals surface area contributed by atoms with Gasteiger partial charge in [-0.1, -0.05) is 47.5 Å². The van der Waals surface area contributed by atoms with Crippen molar-refractivity contribution in [3.63, 3.8) is 0 Å². The van der Waals surface area contributed by atoms with Crippen LogP contribution in [0.5, 0.6) is 0 Å². The van der Waals surface area contributed by atoms with Gasteiger partial charge in [0.1, 0.15) is 5.52 Å². The fraction of sp³-hybridized carbons (Fsp3) is 0.296. The van der Waals surface area contributed by atoms with E-state index < -0.39 is 0 Å². The molecule has 1 N–H and O–H groups in total. The summed E-state index contributed by atoms with van der Waals surface area (Å²) in [5.41, 5.74) is 6.44. The number of hydrogen-bond donors (Lipinski definition) is 1. The van der Waals surface area contributed by atoms with Gasteiger partial charge in [-0.25, -0.2) is 9.50 Å². The van der Waals surface area contributed by atoms with Crippen LogP contribution in [0.15, 0.2) is 60.9 Å². The highest BCUT2D eigenvalue weighted by Gasteiger charge is 2.28. The van der Waals surface area contributed by atoms with E-state index in [4.69, 9.17) is 16.7 Å². The number of aryl methyl sites for hydroxylation is 2. The highest BCUT2D eigenvalue weighted by molar-refractivity contribution is 6.30. The minimum atomic E-state index is -0.0864. The van der Waals surface area contributed by atoms with Gasteiger partial charge < -0.3 is 10.2 Å². The summed E-state index contributed by atoms with van der Waals surface area (Å²) >= 11 is 6.07. The fourth-order valence-electron chi connectivity index (χ4n) is 4.75. The molecule has 0 unspecified atom stereocenters. The van der Waals surface area contributed by atoms with E-state index in [-0.39, 0.29) is 11.8 Å². The number of piperidine rings is 1. The molecule has 0 bridgehead atoms. The molecule has 6 nitrogen and oxygen atoms in total. The first-order chi connectivity index (χ1) is 16.5. The van der Waals surface area contributed by atoms with Crippen molar-refractivity contribution < 1.29 is 4.79 Å². The minimum Gasteiger partial charge on any atom is -0.354 e. The number of hydrogen-bond acceptors (Lipinski definition) is 4. The van der Waals surface area contributed by atoms with Crippen molar-refractivity contribution in [2.75, 3.05) is 18.0 Å². The van der Waals surface area contributed by atoms with Gasteiger partial charge in [0.25, 0.3) is 0 Å². The van der Waals surface area contributed by atoms with Crippen LogP contribution in [-0.4, -0.2) is 33.6 Å². The molecular weight excluding hydrogens is 446 g/mol. The molecule has 2 aromatic carbocycles. The van der Waals surface area contributed by atoms with E-state index in [2.05, 4.69) is 53.3 Å². The molecule has 5 rings (SSSR count). The van der Waals surface area contributed by atoms with Crippen LogP contribution >= 0.6 is 11.6 Å². The van der Waals surface area contributed by atoms with Crippen LogP contribution in [0.2, 0.25) is 5.02 Å². The third-order valence-corrected chi connectivity index (χ3v) is 6.71. The van der Waals surface area contributed by atoms with Gasteiger partial charge in [0.05, 0.1) is 11.6 Å². The monoisotopic (exact) mass is 473 g/mol. The number of halogens is 1. The number of amides is 1. The van der Waals surface area contributed by atoms with Crippen molar-refractivity contribution in [1.82, 2.24) is 19.9 Å². The van der Waals surface area contributed by atoms with Crippen LogP contribution in [0, 0.1) is 19.8 Å². The predicted molar refractivity (Wildman–Crippen MR) is 136 cm³/mol. The molecule has 0 radical (unpaired) electrons. The molecule has 2 aromatic heterocycles. The maximum absolute atomic E-state index is 12.9. The average molecular weight is 474 g/mol. The van der Waals surface area contributed by atoms with E-state index in [1.165, 1.54) is 11.1 Å². The second-order valence-electron chi connectivity index (χ2n) is 9.06. The number of carbonyl (C=O) groups excluding carboxylic acids is 1. The van der Waals surface area contributed by atoms with Crippen molar-refractivity contribution in [1.29, 1.82) is 0 Å². The zero-order valence-electron chi connectivity index (χ0n) is 19.5. The number of rotatable bonds is 5. The van der Waals surface area contributed by atoms with E-state index >= 15 is 0 Å². The van der Waals surface area contributed by atoms with Gasteiger partial charge in [0.2, 0.25) is 5.91 Å². The summed E-state index contributed by atoms with van der Waals surface area (Å²) in [6, 6.07) is 16.1. The number of anilines is 1. The molecule has 0 aliphatic carbocycles. The predicted octanol–water partition coefficient (Wildman–Crippen LogP) is 5.20. The van der Waals surface area contributed by atoms with Crippen molar-refractivity contribution in [3.8, 4) is 11.3 Å². The van der Waals surface area contributed by atoms with E-state index in [9.17, 15) is 4.79 Å². The Bertz CT molecular complexity index is 1350. The van der Waals surface area contributed by atoms with Gasteiger partial charge in [-0.3, -0.25) is 4.79 Å². The molecule has 1 aliphatic rings. The zero-order valence-corrected chi connectivity index (χ0v) is 20.2. The molecule has 174 valence electrons.